The largest absolute Gasteiger partial charge is 0.492 e. The molecule has 1 aromatic heterocycles. The third kappa shape index (κ3) is 8.88. The van der Waals surface area contributed by atoms with Crippen LogP contribution in [0.4, 0.5) is 16.2 Å². The Labute approximate surface area is 278 Å². The van der Waals surface area contributed by atoms with E-state index in [0.717, 1.165) is 28.3 Å². The molecule has 1 saturated heterocycles. The Morgan fingerprint density at radius 1 is 1.04 bits per heavy atom. The molecule has 2 amide bonds. The molecule has 1 unspecified atom stereocenters. The summed E-state index contributed by atoms with van der Waals surface area (Å²) in [6.45, 7) is 9.81. The van der Waals surface area contributed by atoms with E-state index in [1.165, 1.54) is 7.11 Å². The van der Waals surface area contributed by atoms with Crippen molar-refractivity contribution in [3.05, 3.63) is 53.2 Å². The average molecular weight is 703 g/mol. The molecule has 246 valence electrons. The Balaban J connectivity index is 1.55. The number of amides is 2. The van der Waals surface area contributed by atoms with Gasteiger partial charge in [0.25, 0.3) is 5.91 Å². The van der Waals surface area contributed by atoms with Gasteiger partial charge in [-0.15, -0.1) is 0 Å². The van der Waals surface area contributed by atoms with Gasteiger partial charge in [0.05, 0.1) is 30.3 Å². The number of ether oxygens (including phenoxy) is 2. The van der Waals surface area contributed by atoms with Crippen LogP contribution in [0.15, 0.2) is 36.4 Å². The fraction of sp³-hybridized carbons (Fsp3) is 0.467. The van der Waals surface area contributed by atoms with E-state index in [4.69, 9.17) is 44.3 Å². The number of nitrogens with zero attached hydrogens (tertiary/aromatic N) is 2. The van der Waals surface area contributed by atoms with Crippen LogP contribution in [0.1, 0.15) is 55.4 Å². The first-order chi connectivity index (χ1) is 20.9. The zero-order valence-electron chi connectivity index (χ0n) is 26.0. The number of fused-ring (bicyclic) bond motifs is 1. The smallest absolute Gasteiger partial charge is 0.409 e. The van der Waals surface area contributed by atoms with Crippen LogP contribution in [0.3, 0.4) is 0 Å². The second-order valence-electron chi connectivity index (χ2n) is 12.0. The second kappa shape index (κ2) is 13.4. The van der Waals surface area contributed by atoms with Crippen molar-refractivity contribution < 1.29 is 27.5 Å². The highest BCUT2D eigenvalue weighted by Crippen LogP contribution is 2.39. The minimum Gasteiger partial charge on any atom is -0.492 e. The number of hydrogen-bond donors (Lipinski definition) is 3. The van der Waals surface area contributed by atoms with Gasteiger partial charge in [0.1, 0.15) is 12.3 Å². The van der Waals surface area contributed by atoms with E-state index >= 15 is 0 Å². The van der Waals surface area contributed by atoms with Crippen LogP contribution in [-0.4, -0.2) is 85.1 Å². The number of para-hydroxylation sites is 1. The SMILES string of the molecule is COc1c(NC(=O)c2cc3cccc(C(C)N4CCN(C(=O)OCC(Cl)(Cl)Cl)CC4)c3[nH]2)cc(C(C)(C)C)cc1NS(C)(=O)=O. The van der Waals surface area contributed by atoms with Crippen molar-refractivity contribution >= 4 is 79.1 Å². The quantitative estimate of drug-likeness (QED) is 0.235. The topological polar surface area (TPSA) is 133 Å². The first-order valence-electron chi connectivity index (χ1n) is 14.2. The van der Waals surface area contributed by atoms with Crippen LogP contribution in [-0.2, 0) is 20.2 Å². The molecular formula is C30H38Cl3N5O6S. The maximum atomic E-state index is 13.6. The van der Waals surface area contributed by atoms with E-state index in [1.54, 1.807) is 23.1 Å². The van der Waals surface area contributed by atoms with Crippen LogP contribution < -0.4 is 14.8 Å². The number of hydrogen-bond acceptors (Lipinski definition) is 7. The zero-order chi connectivity index (χ0) is 33.3. The molecule has 0 radical (unpaired) electrons. The molecule has 0 bridgehead atoms. The van der Waals surface area contributed by atoms with Crippen molar-refractivity contribution in [2.24, 2.45) is 0 Å². The number of methoxy groups -OCH3 is 1. The van der Waals surface area contributed by atoms with Gasteiger partial charge in [0, 0.05) is 37.6 Å². The third-order valence-corrected chi connectivity index (χ3v) is 8.48. The molecule has 45 heavy (non-hydrogen) atoms. The molecule has 1 atom stereocenters. The van der Waals surface area contributed by atoms with Gasteiger partial charge in [-0.1, -0.05) is 73.8 Å². The number of anilines is 2. The number of H-pyrrole nitrogens is 1. The van der Waals surface area contributed by atoms with Gasteiger partial charge in [-0.05, 0) is 41.7 Å². The Morgan fingerprint density at radius 3 is 2.27 bits per heavy atom. The van der Waals surface area contributed by atoms with Gasteiger partial charge in [-0.25, -0.2) is 13.2 Å². The van der Waals surface area contributed by atoms with Gasteiger partial charge in [-0.2, -0.15) is 0 Å². The standard InChI is InChI=1S/C30H38Cl3N5O6S/c1-18(37-10-12-38(13-11-37)28(40)44-17-30(31,32)33)21-9-7-8-19-14-24(34-25(19)21)27(39)35-22-15-20(29(2,3)4)16-23(26(22)43-5)36-45(6,41)42/h7-9,14-16,18,34,36H,10-13,17H2,1-6H3,(H,35,39). The maximum absolute atomic E-state index is 13.6. The van der Waals surface area contributed by atoms with E-state index in [1.807, 2.05) is 39.0 Å². The summed E-state index contributed by atoms with van der Waals surface area (Å²) in [5.41, 5.74) is 3.15. The van der Waals surface area contributed by atoms with Crippen LogP contribution in [0, 0.1) is 0 Å². The minimum absolute atomic E-state index is 0.0317. The molecular weight excluding hydrogens is 665 g/mol. The normalized spacial score (nSPS) is 15.5. The molecule has 3 N–H and O–H groups in total. The maximum Gasteiger partial charge on any atom is 0.409 e. The van der Waals surface area contributed by atoms with Gasteiger partial charge in [0.2, 0.25) is 13.8 Å². The Hall–Kier alpha value is -2.90. The van der Waals surface area contributed by atoms with Crippen LogP contribution in [0.2, 0.25) is 0 Å². The number of rotatable bonds is 8. The van der Waals surface area contributed by atoms with Gasteiger partial charge in [0.15, 0.2) is 5.75 Å². The van der Waals surface area contributed by atoms with Crippen molar-refractivity contribution in [2.75, 3.05) is 56.2 Å². The predicted octanol–water partition coefficient (Wildman–Crippen LogP) is 6.28. The highest BCUT2D eigenvalue weighted by molar-refractivity contribution is 7.92. The van der Waals surface area contributed by atoms with Crippen molar-refractivity contribution in [1.82, 2.24) is 14.8 Å². The fourth-order valence-corrected chi connectivity index (χ4v) is 5.93. The summed E-state index contributed by atoms with van der Waals surface area (Å²) in [7, 11) is -2.20. The number of nitrogens with one attached hydrogen (secondary N) is 3. The second-order valence-corrected chi connectivity index (χ2v) is 16.3. The summed E-state index contributed by atoms with van der Waals surface area (Å²) in [4.78, 5) is 33.1. The minimum atomic E-state index is -3.62. The van der Waals surface area contributed by atoms with E-state index in [0.29, 0.717) is 37.6 Å². The lowest BCUT2D eigenvalue weighted by molar-refractivity contribution is 0.0670. The number of carbonyl (C=O) groups excluding carboxylic acids is 2. The van der Waals surface area contributed by atoms with Crippen LogP contribution >= 0.6 is 34.8 Å². The Kier molecular flexibility index (Phi) is 10.4. The molecule has 1 aliphatic rings. The van der Waals surface area contributed by atoms with Crippen molar-refractivity contribution in [1.29, 1.82) is 0 Å². The molecule has 1 fully saturated rings. The summed E-state index contributed by atoms with van der Waals surface area (Å²) >= 11 is 17.1. The van der Waals surface area contributed by atoms with E-state index in [-0.39, 0.29) is 29.5 Å². The third-order valence-electron chi connectivity index (χ3n) is 7.57. The fourth-order valence-electron chi connectivity index (χ4n) is 5.21. The average Bonchev–Trinajstić information content (AvgIpc) is 3.39. The number of piperazine rings is 1. The van der Waals surface area contributed by atoms with E-state index < -0.39 is 25.8 Å². The molecule has 11 nitrogen and oxygen atoms in total. The lowest BCUT2D eigenvalue weighted by atomic mass is 9.86. The summed E-state index contributed by atoms with van der Waals surface area (Å²) in [5.74, 6) is -0.219. The number of aromatic nitrogens is 1. The molecule has 0 saturated carbocycles. The first-order valence-corrected chi connectivity index (χ1v) is 17.2. The number of sulfonamides is 1. The molecule has 4 rings (SSSR count). The number of aromatic amines is 1. The van der Waals surface area contributed by atoms with E-state index in [9.17, 15) is 18.0 Å². The zero-order valence-corrected chi connectivity index (χ0v) is 29.0. The number of benzene rings is 2. The van der Waals surface area contributed by atoms with Crippen molar-refractivity contribution in [2.45, 2.75) is 42.9 Å². The summed E-state index contributed by atoms with van der Waals surface area (Å²) in [5, 5.41) is 3.76. The number of halogens is 3. The van der Waals surface area contributed by atoms with Gasteiger partial charge >= 0.3 is 6.09 Å². The van der Waals surface area contributed by atoms with Crippen LogP contribution in [0.25, 0.3) is 10.9 Å². The Bertz CT molecular complexity index is 1680. The predicted molar refractivity (Wildman–Crippen MR) is 180 cm³/mol. The molecule has 2 heterocycles. The highest BCUT2D eigenvalue weighted by Gasteiger charge is 2.29. The summed E-state index contributed by atoms with van der Waals surface area (Å²) < 4.78 is 35.7. The van der Waals surface area contributed by atoms with Crippen molar-refractivity contribution in [3.8, 4) is 5.75 Å². The van der Waals surface area contributed by atoms with Gasteiger partial charge < -0.3 is 24.7 Å². The molecule has 0 aliphatic carbocycles. The lowest BCUT2D eigenvalue weighted by Gasteiger charge is -2.37. The first kappa shape index (κ1) is 35.0. The highest BCUT2D eigenvalue weighted by atomic mass is 35.6. The van der Waals surface area contributed by atoms with E-state index in [2.05, 4.69) is 26.8 Å². The molecule has 3 aromatic rings. The number of alkyl halides is 3. The molecule has 1 aliphatic heterocycles. The van der Waals surface area contributed by atoms with Crippen molar-refractivity contribution in [3.63, 3.8) is 0 Å². The van der Waals surface area contributed by atoms with Crippen LogP contribution in [0.5, 0.6) is 5.75 Å². The summed E-state index contributed by atoms with van der Waals surface area (Å²) in [6.07, 6.45) is 0.528. The molecule has 2 aromatic carbocycles. The lowest BCUT2D eigenvalue weighted by Crippen LogP contribution is -2.49. The summed E-state index contributed by atoms with van der Waals surface area (Å²) in [6, 6.07) is 11.1. The van der Waals surface area contributed by atoms with Gasteiger partial charge in [-0.3, -0.25) is 14.4 Å². The molecule has 15 heteroatoms. The molecule has 0 spiro atoms. The number of carbonyl (C=O) groups is 2. The Morgan fingerprint density at radius 2 is 1.69 bits per heavy atom. The monoisotopic (exact) mass is 701 g/mol.